The molecule has 0 radical (unpaired) electrons. The minimum Gasteiger partial charge on any atom is -0.454 e. The minimum absolute atomic E-state index is 0.293. The van der Waals surface area contributed by atoms with E-state index in [0.717, 1.165) is 40.1 Å². The molecular weight excluding hydrogens is 286 g/mol. The number of fused-ring (bicyclic) bond motifs is 1. The lowest BCUT2D eigenvalue weighted by molar-refractivity contribution is 0.174. The van der Waals surface area contributed by atoms with E-state index < -0.39 is 0 Å². The first-order valence-corrected chi connectivity index (χ1v) is 7.50. The Balaban J connectivity index is 1.61. The smallest absolute Gasteiger partial charge is 0.231 e. The Morgan fingerprint density at radius 2 is 2.19 bits per heavy atom. The summed E-state index contributed by atoms with van der Waals surface area (Å²) in [6, 6.07) is 5.92. The lowest BCUT2D eigenvalue weighted by Gasteiger charge is -2.01. The van der Waals surface area contributed by atoms with Crippen LogP contribution in [-0.2, 0) is 6.54 Å². The van der Waals surface area contributed by atoms with Gasteiger partial charge in [0.25, 0.3) is 0 Å². The van der Waals surface area contributed by atoms with E-state index in [1.165, 1.54) is 0 Å². The molecule has 0 aliphatic carbocycles. The Kier molecular flexibility index (Phi) is 2.89. The van der Waals surface area contributed by atoms with Crippen LogP contribution < -0.4 is 9.47 Å². The number of imidazole rings is 1. The van der Waals surface area contributed by atoms with Crippen molar-refractivity contribution < 1.29 is 9.47 Å². The number of aryl methyl sites for hydroxylation is 1. The van der Waals surface area contributed by atoms with Crippen molar-refractivity contribution in [3.05, 3.63) is 47.5 Å². The molecule has 0 N–H and O–H groups in total. The SMILES string of the molecule is Cc1nccn1Cc1csc(-c2ccc3c(c2)OCO3)n1. The summed E-state index contributed by atoms with van der Waals surface area (Å²) >= 11 is 1.63. The highest BCUT2D eigenvalue weighted by Gasteiger charge is 2.15. The highest BCUT2D eigenvalue weighted by molar-refractivity contribution is 7.13. The quantitative estimate of drug-likeness (QED) is 0.745. The van der Waals surface area contributed by atoms with Crippen molar-refractivity contribution in [3.63, 3.8) is 0 Å². The number of hydrogen-bond donors (Lipinski definition) is 0. The second-order valence-electron chi connectivity index (χ2n) is 4.81. The van der Waals surface area contributed by atoms with E-state index in [1.807, 2.05) is 31.3 Å². The van der Waals surface area contributed by atoms with Crippen LogP contribution in [0.1, 0.15) is 11.5 Å². The van der Waals surface area contributed by atoms with Gasteiger partial charge in [0.05, 0.1) is 12.2 Å². The first-order valence-electron chi connectivity index (χ1n) is 6.62. The number of hydrogen-bond acceptors (Lipinski definition) is 5. The molecule has 2 aromatic heterocycles. The first-order chi connectivity index (χ1) is 10.3. The number of thiazole rings is 1. The van der Waals surface area contributed by atoms with E-state index in [9.17, 15) is 0 Å². The van der Waals surface area contributed by atoms with Crippen LogP contribution in [0.4, 0.5) is 0 Å². The van der Waals surface area contributed by atoms with E-state index in [0.29, 0.717) is 6.79 Å². The van der Waals surface area contributed by atoms with Gasteiger partial charge in [-0.15, -0.1) is 11.3 Å². The summed E-state index contributed by atoms with van der Waals surface area (Å²) in [7, 11) is 0. The summed E-state index contributed by atoms with van der Waals surface area (Å²) < 4.78 is 12.8. The van der Waals surface area contributed by atoms with Crippen molar-refractivity contribution in [1.29, 1.82) is 0 Å². The molecule has 106 valence electrons. The summed E-state index contributed by atoms with van der Waals surface area (Å²) in [6.07, 6.45) is 3.77. The standard InChI is InChI=1S/C15H13N3O2S/c1-10-16-4-5-18(10)7-12-8-21-15(17-12)11-2-3-13-14(6-11)20-9-19-13/h2-6,8H,7,9H2,1H3. The second kappa shape index (κ2) is 4.89. The van der Waals surface area contributed by atoms with Gasteiger partial charge < -0.3 is 14.0 Å². The van der Waals surface area contributed by atoms with Crippen LogP contribution in [0.25, 0.3) is 10.6 Å². The molecule has 0 atom stereocenters. The van der Waals surface area contributed by atoms with Gasteiger partial charge in [0, 0.05) is 23.3 Å². The van der Waals surface area contributed by atoms with Crippen LogP contribution in [0.15, 0.2) is 36.0 Å². The molecule has 0 unspecified atom stereocenters. The topological polar surface area (TPSA) is 49.2 Å². The molecule has 3 heterocycles. The molecule has 0 bridgehead atoms. The third-order valence-corrected chi connectivity index (χ3v) is 4.37. The molecule has 21 heavy (non-hydrogen) atoms. The van der Waals surface area contributed by atoms with E-state index in [-0.39, 0.29) is 0 Å². The van der Waals surface area contributed by atoms with Gasteiger partial charge in [-0.2, -0.15) is 0 Å². The molecule has 0 amide bonds. The molecule has 1 aliphatic heterocycles. The fraction of sp³-hybridized carbons (Fsp3) is 0.200. The maximum atomic E-state index is 5.41. The van der Waals surface area contributed by atoms with Crippen molar-refractivity contribution in [2.24, 2.45) is 0 Å². The lowest BCUT2D eigenvalue weighted by Crippen LogP contribution is -2.00. The van der Waals surface area contributed by atoms with Gasteiger partial charge in [0.1, 0.15) is 10.8 Å². The summed E-state index contributed by atoms with van der Waals surface area (Å²) in [5.74, 6) is 2.58. The molecule has 3 aromatic rings. The van der Waals surface area contributed by atoms with Gasteiger partial charge in [-0.05, 0) is 25.1 Å². The van der Waals surface area contributed by atoms with Crippen LogP contribution in [0, 0.1) is 6.92 Å². The van der Waals surface area contributed by atoms with Gasteiger partial charge in [0.2, 0.25) is 6.79 Å². The minimum atomic E-state index is 0.293. The third kappa shape index (κ3) is 2.27. The predicted molar refractivity (Wildman–Crippen MR) is 79.7 cm³/mol. The Bertz CT molecular complexity index is 794. The fourth-order valence-electron chi connectivity index (χ4n) is 2.29. The molecule has 0 fully saturated rings. The normalized spacial score (nSPS) is 12.8. The van der Waals surface area contributed by atoms with Crippen molar-refractivity contribution in [2.75, 3.05) is 6.79 Å². The highest BCUT2D eigenvalue weighted by atomic mass is 32.1. The van der Waals surface area contributed by atoms with Crippen LogP contribution in [0.5, 0.6) is 11.5 Å². The second-order valence-corrected chi connectivity index (χ2v) is 5.67. The van der Waals surface area contributed by atoms with Gasteiger partial charge in [-0.1, -0.05) is 0 Å². The summed E-state index contributed by atoms with van der Waals surface area (Å²) in [5, 5.41) is 3.07. The Labute approximate surface area is 125 Å². The van der Waals surface area contributed by atoms with Gasteiger partial charge in [-0.3, -0.25) is 0 Å². The number of benzene rings is 1. The fourth-order valence-corrected chi connectivity index (χ4v) is 3.10. The van der Waals surface area contributed by atoms with Crippen LogP contribution in [0.2, 0.25) is 0 Å². The molecule has 0 spiro atoms. The maximum Gasteiger partial charge on any atom is 0.231 e. The van der Waals surface area contributed by atoms with Crippen LogP contribution >= 0.6 is 11.3 Å². The summed E-state index contributed by atoms with van der Waals surface area (Å²) in [5.41, 5.74) is 2.09. The molecule has 1 aromatic carbocycles. The number of rotatable bonds is 3. The number of nitrogens with zero attached hydrogens (tertiary/aromatic N) is 3. The van der Waals surface area contributed by atoms with Gasteiger partial charge in [-0.25, -0.2) is 9.97 Å². The van der Waals surface area contributed by atoms with Crippen LogP contribution in [0.3, 0.4) is 0 Å². The summed E-state index contributed by atoms with van der Waals surface area (Å²) in [6.45, 7) is 3.03. The lowest BCUT2D eigenvalue weighted by atomic mass is 10.2. The predicted octanol–water partition coefficient (Wildman–Crippen LogP) is 3.09. The van der Waals surface area contributed by atoms with E-state index in [4.69, 9.17) is 14.5 Å². The molecule has 5 nitrogen and oxygen atoms in total. The average Bonchev–Trinajstić information content (AvgIpc) is 3.20. The number of ether oxygens (including phenoxy) is 2. The zero-order valence-corrected chi connectivity index (χ0v) is 12.3. The first kappa shape index (κ1) is 12.4. The van der Waals surface area contributed by atoms with Crippen LogP contribution in [-0.4, -0.2) is 21.3 Å². The van der Waals surface area contributed by atoms with Crippen molar-refractivity contribution in [2.45, 2.75) is 13.5 Å². The summed E-state index contributed by atoms with van der Waals surface area (Å²) in [4.78, 5) is 8.92. The molecular formula is C15H13N3O2S. The van der Waals surface area contributed by atoms with Crippen molar-refractivity contribution in [3.8, 4) is 22.1 Å². The average molecular weight is 299 g/mol. The maximum absolute atomic E-state index is 5.41. The van der Waals surface area contributed by atoms with Gasteiger partial charge in [0.15, 0.2) is 11.5 Å². The Morgan fingerprint density at radius 3 is 3.05 bits per heavy atom. The Hall–Kier alpha value is -2.34. The van der Waals surface area contributed by atoms with E-state index >= 15 is 0 Å². The molecule has 1 aliphatic rings. The zero-order chi connectivity index (χ0) is 14.2. The van der Waals surface area contributed by atoms with Gasteiger partial charge >= 0.3 is 0 Å². The molecule has 0 saturated heterocycles. The molecule has 6 heteroatoms. The largest absolute Gasteiger partial charge is 0.454 e. The monoisotopic (exact) mass is 299 g/mol. The van der Waals surface area contributed by atoms with E-state index in [2.05, 4.69) is 14.9 Å². The highest BCUT2D eigenvalue weighted by Crippen LogP contribution is 2.36. The van der Waals surface area contributed by atoms with Crippen molar-refractivity contribution >= 4 is 11.3 Å². The molecule has 4 rings (SSSR count). The zero-order valence-electron chi connectivity index (χ0n) is 11.4. The Morgan fingerprint density at radius 1 is 1.29 bits per heavy atom. The third-order valence-electron chi connectivity index (χ3n) is 3.43. The molecule has 0 saturated carbocycles. The number of aromatic nitrogens is 3. The van der Waals surface area contributed by atoms with Crippen molar-refractivity contribution in [1.82, 2.24) is 14.5 Å². The van der Waals surface area contributed by atoms with E-state index in [1.54, 1.807) is 17.5 Å².